The Morgan fingerprint density at radius 2 is 1.09 bits per heavy atom. The summed E-state index contributed by atoms with van der Waals surface area (Å²) in [5, 5.41) is 0. The van der Waals surface area contributed by atoms with Crippen molar-refractivity contribution in [2.75, 3.05) is 0 Å². The van der Waals surface area contributed by atoms with E-state index >= 15 is 0 Å². The first-order valence-electron chi connectivity index (χ1n) is 10.6. The molecule has 0 radical (unpaired) electrons. The zero-order valence-corrected chi connectivity index (χ0v) is 16.2. The van der Waals surface area contributed by atoms with Crippen molar-refractivity contribution < 1.29 is 0 Å². The SMILES string of the molecule is CC(C)CCCCCC1CCCC(CCCCCC(C)C)C1. The summed E-state index contributed by atoms with van der Waals surface area (Å²) < 4.78 is 0. The van der Waals surface area contributed by atoms with E-state index in [1.165, 1.54) is 83.5 Å². The Hall–Kier alpha value is 0. The second kappa shape index (κ2) is 12.4. The zero-order chi connectivity index (χ0) is 16.2. The molecule has 0 amide bonds. The smallest absolute Gasteiger partial charge is 0.0412 e. The van der Waals surface area contributed by atoms with Crippen LogP contribution in [0.5, 0.6) is 0 Å². The highest BCUT2D eigenvalue weighted by Crippen LogP contribution is 2.35. The molecule has 0 bridgehead atoms. The third-order valence-corrected chi connectivity index (χ3v) is 5.68. The van der Waals surface area contributed by atoms with Gasteiger partial charge in [0.2, 0.25) is 0 Å². The molecule has 0 heterocycles. The Bertz CT molecular complexity index is 216. The molecule has 1 saturated carbocycles. The fourth-order valence-corrected chi connectivity index (χ4v) is 4.25. The molecule has 132 valence electrons. The lowest BCUT2D eigenvalue weighted by Crippen LogP contribution is -2.15. The second-order valence-corrected chi connectivity index (χ2v) is 8.96. The second-order valence-electron chi connectivity index (χ2n) is 8.96. The highest BCUT2D eigenvalue weighted by molar-refractivity contribution is 4.73. The van der Waals surface area contributed by atoms with E-state index in [1.807, 2.05) is 0 Å². The summed E-state index contributed by atoms with van der Waals surface area (Å²) in [5.74, 6) is 3.95. The fourth-order valence-electron chi connectivity index (χ4n) is 4.25. The van der Waals surface area contributed by atoms with Crippen LogP contribution in [-0.4, -0.2) is 0 Å². The van der Waals surface area contributed by atoms with Gasteiger partial charge >= 0.3 is 0 Å². The highest BCUT2D eigenvalue weighted by Gasteiger charge is 2.21. The zero-order valence-electron chi connectivity index (χ0n) is 16.2. The van der Waals surface area contributed by atoms with Crippen LogP contribution >= 0.6 is 0 Å². The van der Waals surface area contributed by atoms with Gasteiger partial charge < -0.3 is 0 Å². The summed E-state index contributed by atoms with van der Waals surface area (Å²) in [6.07, 6.45) is 21.0. The molecule has 22 heavy (non-hydrogen) atoms. The lowest BCUT2D eigenvalue weighted by Gasteiger charge is -2.29. The van der Waals surface area contributed by atoms with E-state index in [1.54, 1.807) is 6.42 Å². The van der Waals surface area contributed by atoms with Crippen molar-refractivity contribution in [1.29, 1.82) is 0 Å². The van der Waals surface area contributed by atoms with Gasteiger partial charge in [-0.05, 0) is 30.1 Å². The van der Waals surface area contributed by atoms with Crippen LogP contribution in [0, 0.1) is 23.7 Å². The highest BCUT2D eigenvalue weighted by atomic mass is 14.3. The van der Waals surface area contributed by atoms with Crippen molar-refractivity contribution in [1.82, 2.24) is 0 Å². The van der Waals surface area contributed by atoms with Crippen LogP contribution in [0.1, 0.15) is 118 Å². The minimum atomic E-state index is 0.898. The Morgan fingerprint density at radius 3 is 1.50 bits per heavy atom. The van der Waals surface area contributed by atoms with Gasteiger partial charge in [-0.1, -0.05) is 111 Å². The van der Waals surface area contributed by atoms with Gasteiger partial charge in [0, 0.05) is 0 Å². The van der Waals surface area contributed by atoms with Crippen LogP contribution in [0.3, 0.4) is 0 Å². The van der Waals surface area contributed by atoms with Gasteiger partial charge in [0.25, 0.3) is 0 Å². The standard InChI is InChI=1S/C22H44/c1-19(2)12-7-5-9-14-21-16-11-17-22(18-21)15-10-6-8-13-20(3)4/h19-22H,5-18H2,1-4H3. The summed E-state index contributed by atoms with van der Waals surface area (Å²) in [7, 11) is 0. The summed E-state index contributed by atoms with van der Waals surface area (Å²) in [4.78, 5) is 0. The maximum Gasteiger partial charge on any atom is -0.0412 e. The number of rotatable bonds is 12. The first-order valence-corrected chi connectivity index (χ1v) is 10.6. The predicted molar refractivity (Wildman–Crippen MR) is 101 cm³/mol. The van der Waals surface area contributed by atoms with E-state index in [0.717, 1.165) is 23.7 Å². The van der Waals surface area contributed by atoms with Gasteiger partial charge in [0.05, 0.1) is 0 Å². The Kier molecular flexibility index (Phi) is 11.3. The summed E-state index contributed by atoms with van der Waals surface area (Å²) in [5.41, 5.74) is 0. The number of hydrogen-bond acceptors (Lipinski definition) is 0. The van der Waals surface area contributed by atoms with E-state index in [0.29, 0.717) is 0 Å². The van der Waals surface area contributed by atoms with E-state index in [9.17, 15) is 0 Å². The van der Waals surface area contributed by atoms with Gasteiger partial charge in [-0.15, -0.1) is 0 Å². The van der Waals surface area contributed by atoms with Gasteiger partial charge in [-0.3, -0.25) is 0 Å². The van der Waals surface area contributed by atoms with Crippen molar-refractivity contribution in [3.63, 3.8) is 0 Å². The summed E-state index contributed by atoms with van der Waals surface area (Å²) in [6.45, 7) is 9.42. The van der Waals surface area contributed by atoms with Crippen molar-refractivity contribution >= 4 is 0 Å². The molecular weight excluding hydrogens is 264 g/mol. The molecule has 0 saturated heterocycles. The summed E-state index contributed by atoms with van der Waals surface area (Å²) in [6, 6.07) is 0. The van der Waals surface area contributed by atoms with E-state index in [-0.39, 0.29) is 0 Å². The third kappa shape index (κ3) is 10.7. The molecule has 0 aromatic carbocycles. The van der Waals surface area contributed by atoms with Gasteiger partial charge in [0.1, 0.15) is 0 Å². The molecule has 0 heteroatoms. The average Bonchev–Trinajstić information content (AvgIpc) is 2.46. The molecule has 2 atom stereocenters. The fraction of sp³-hybridized carbons (Fsp3) is 1.00. The van der Waals surface area contributed by atoms with Gasteiger partial charge in [0.15, 0.2) is 0 Å². The molecule has 0 spiro atoms. The number of unbranched alkanes of at least 4 members (excludes halogenated alkanes) is 4. The molecular formula is C22H44. The lowest BCUT2D eigenvalue weighted by molar-refractivity contribution is 0.234. The largest absolute Gasteiger partial charge is 0.0628 e. The molecule has 1 aliphatic carbocycles. The quantitative estimate of drug-likeness (QED) is 0.320. The molecule has 0 aromatic heterocycles. The average molecular weight is 309 g/mol. The Morgan fingerprint density at radius 1 is 0.636 bits per heavy atom. The number of hydrogen-bond donors (Lipinski definition) is 0. The van der Waals surface area contributed by atoms with Crippen molar-refractivity contribution in [3.8, 4) is 0 Å². The van der Waals surface area contributed by atoms with Crippen LogP contribution in [0.15, 0.2) is 0 Å². The van der Waals surface area contributed by atoms with Gasteiger partial charge in [-0.25, -0.2) is 0 Å². The molecule has 0 N–H and O–H groups in total. The van der Waals surface area contributed by atoms with Crippen molar-refractivity contribution in [2.45, 2.75) is 118 Å². The Balaban J connectivity index is 2.01. The molecule has 2 unspecified atom stereocenters. The maximum atomic E-state index is 2.35. The third-order valence-electron chi connectivity index (χ3n) is 5.68. The maximum absolute atomic E-state index is 2.35. The van der Waals surface area contributed by atoms with Gasteiger partial charge in [-0.2, -0.15) is 0 Å². The van der Waals surface area contributed by atoms with Crippen LogP contribution in [-0.2, 0) is 0 Å². The van der Waals surface area contributed by atoms with E-state index < -0.39 is 0 Å². The van der Waals surface area contributed by atoms with Crippen LogP contribution in [0.25, 0.3) is 0 Å². The van der Waals surface area contributed by atoms with E-state index in [4.69, 9.17) is 0 Å². The normalized spacial score (nSPS) is 22.6. The van der Waals surface area contributed by atoms with Crippen LogP contribution in [0.4, 0.5) is 0 Å². The lowest BCUT2D eigenvalue weighted by atomic mass is 9.77. The van der Waals surface area contributed by atoms with Crippen molar-refractivity contribution in [2.24, 2.45) is 23.7 Å². The summed E-state index contributed by atoms with van der Waals surface area (Å²) >= 11 is 0. The molecule has 1 fully saturated rings. The molecule has 1 aliphatic rings. The molecule has 1 rings (SSSR count). The van der Waals surface area contributed by atoms with E-state index in [2.05, 4.69) is 27.7 Å². The topological polar surface area (TPSA) is 0 Å². The molecule has 0 aromatic rings. The predicted octanol–water partition coefficient (Wildman–Crippen LogP) is 8.01. The first-order chi connectivity index (χ1) is 10.6. The molecule has 0 nitrogen and oxygen atoms in total. The Labute approximate surface area is 141 Å². The first kappa shape index (κ1) is 20.0. The van der Waals surface area contributed by atoms with Crippen LogP contribution < -0.4 is 0 Å². The minimum Gasteiger partial charge on any atom is -0.0628 e. The van der Waals surface area contributed by atoms with Crippen molar-refractivity contribution in [3.05, 3.63) is 0 Å². The minimum absolute atomic E-state index is 0.898. The molecule has 0 aliphatic heterocycles. The van der Waals surface area contributed by atoms with Crippen LogP contribution in [0.2, 0.25) is 0 Å². The monoisotopic (exact) mass is 308 g/mol.